The third-order valence-corrected chi connectivity index (χ3v) is 4.64. The van der Waals surface area contributed by atoms with Crippen LogP contribution in [0, 0.1) is 5.92 Å². The van der Waals surface area contributed by atoms with Crippen molar-refractivity contribution in [2.24, 2.45) is 5.92 Å². The fourth-order valence-electron chi connectivity index (χ4n) is 3.51. The minimum atomic E-state index is -0.891. The predicted molar refractivity (Wildman–Crippen MR) is 86.1 cm³/mol. The molecule has 1 aliphatic carbocycles. The van der Waals surface area contributed by atoms with Crippen molar-refractivity contribution in [1.82, 2.24) is 0 Å². The number of hydrogen-bond donors (Lipinski definition) is 0. The number of esters is 3. The largest absolute Gasteiger partial charge is 0.458 e. The van der Waals surface area contributed by atoms with E-state index in [-0.39, 0.29) is 5.57 Å². The molecule has 1 aromatic rings. The molecule has 1 saturated heterocycles. The van der Waals surface area contributed by atoms with Crippen LogP contribution >= 0.6 is 0 Å². The van der Waals surface area contributed by atoms with Crippen LogP contribution in [0.15, 0.2) is 47.7 Å². The standard InChI is InChI=1S/C19H16O7/c1-9-7-14(25-18(9)21)23-8-13-15-16(24-10(2)20)11-5-3-4-6-12(11)17(15)26-19(13)22/h3-8,14-17H,1-2H3/b13-8+/t14-,15+,16-,17-/m1/s1. The molecule has 7 heteroatoms. The van der Waals surface area contributed by atoms with Crippen LogP contribution in [0.25, 0.3) is 0 Å². The lowest BCUT2D eigenvalue weighted by molar-refractivity contribution is -0.153. The zero-order valence-corrected chi connectivity index (χ0v) is 14.1. The highest BCUT2D eigenvalue weighted by Crippen LogP contribution is 2.55. The van der Waals surface area contributed by atoms with Crippen molar-refractivity contribution in [3.05, 3.63) is 58.9 Å². The zero-order valence-electron chi connectivity index (χ0n) is 14.1. The van der Waals surface area contributed by atoms with E-state index in [2.05, 4.69) is 0 Å². The highest BCUT2D eigenvalue weighted by molar-refractivity contribution is 5.92. The summed E-state index contributed by atoms with van der Waals surface area (Å²) in [6.45, 7) is 2.93. The molecule has 0 amide bonds. The third-order valence-electron chi connectivity index (χ3n) is 4.64. The Morgan fingerprint density at radius 1 is 1.12 bits per heavy atom. The fourth-order valence-corrected chi connectivity index (χ4v) is 3.51. The van der Waals surface area contributed by atoms with Gasteiger partial charge in [-0.25, -0.2) is 9.59 Å². The van der Waals surface area contributed by atoms with Gasteiger partial charge in [0.1, 0.15) is 12.2 Å². The molecule has 0 bridgehead atoms. The molecule has 0 unspecified atom stereocenters. The maximum Gasteiger partial charge on any atom is 0.338 e. The third kappa shape index (κ3) is 2.56. The number of rotatable bonds is 3. The van der Waals surface area contributed by atoms with Gasteiger partial charge in [-0.15, -0.1) is 0 Å². The predicted octanol–water partition coefficient (Wildman–Crippen LogP) is 2.25. The van der Waals surface area contributed by atoms with E-state index in [4.69, 9.17) is 18.9 Å². The van der Waals surface area contributed by atoms with Gasteiger partial charge in [0.15, 0.2) is 0 Å². The van der Waals surface area contributed by atoms with Crippen molar-refractivity contribution in [1.29, 1.82) is 0 Å². The van der Waals surface area contributed by atoms with Gasteiger partial charge in [-0.05, 0) is 6.92 Å². The highest BCUT2D eigenvalue weighted by atomic mass is 16.7. The summed E-state index contributed by atoms with van der Waals surface area (Å²) >= 11 is 0. The number of benzene rings is 1. The topological polar surface area (TPSA) is 88.1 Å². The maximum absolute atomic E-state index is 12.3. The van der Waals surface area contributed by atoms with Crippen LogP contribution in [0.4, 0.5) is 0 Å². The first-order chi connectivity index (χ1) is 12.5. The molecular formula is C19H16O7. The summed E-state index contributed by atoms with van der Waals surface area (Å²) in [5.41, 5.74) is 2.29. The van der Waals surface area contributed by atoms with E-state index in [1.165, 1.54) is 19.3 Å². The van der Waals surface area contributed by atoms with Gasteiger partial charge in [0, 0.05) is 29.7 Å². The SMILES string of the molecule is CC(=O)O[C@@H]1c2ccccc2[C@H]2OC(=O)/C(=C/O[C@H]3C=C(C)C(=O)O3)[C@@H]12. The van der Waals surface area contributed by atoms with Gasteiger partial charge in [-0.1, -0.05) is 24.3 Å². The lowest BCUT2D eigenvalue weighted by Crippen LogP contribution is -2.17. The normalized spacial score (nSPS) is 30.4. The molecule has 134 valence electrons. The van der Waals surface area contributed by atoms with Gasteiger partial charge in [0.25, 0.3) is 6.29 Å². The first-order valence-electron chi connectivity index (χ1n) is 8.17. The quantitative estimate of drug-likeness (QED) is 0.355. The number of ether oxygens (including phenoxy) is 4. The summed E-state index contributed by atoms with van der Waals surface area (Å²) in [4.78, 5) is 35.3. The van der Waals surface area contributed by atoms with Gasteiger partial charge in [-0.3, -0.25) is 4.79 Å². The minimum Gasteiger partial charge on any atom is -0.458 e. The van der Waals surface area contributed by atoms with Gasteiger partial charge >= 0.3 is 17.9 Å². The van der Waals surface area contributed by atoms with Gasteiger partial charge in [0.2, 0.25) is 0 Å². The molecule has 7 nitrogen and oxygen atoms in total. The monoisotopic (exact) mass is 356 g/mol. The Balaban J connectivity index is 1.65. The van der Waals surface area contributed by atoms with Crippen molar-refractivity contribution in [3.8, 4) is 0 Å². The Hall–Kier alpha value is -3.09. The summed E-state index contributed by atoms with van der Waals surface area (Å²) in [5.74, 6) is -1.97. The van der Waals surface area contributed by atoms with E-state index in [0.29, 0.717) is 5.57 Å². The van der Waals surface area contributed by atoms with Crippen LogP contribution < -0.4 is 0 Å². The number of carbonyl (C=O) groups excluding carboxylic acids is 3. The summed E-state index contributed by atoms with van der Waals surface area (Å²) in [7, 11) is 0. The fraction of sp³-hybridized carbons (Fsp3) is 0.316. The molecular weight excluding hydrogens is 340 g/mol. The van der Waals surface area contributed by atoms with Crippen LogP contribution in [-0.4, -0.2) is 24.2 Å². The summed E-state index contributed by atoms with van der Waals surface area (Å²) in [6, 6.07) is 7.37. The summed E-state index contributed by atoms with van der Waals surface area (Å²) < 4.78 is 21.4. The minimum absolute atomic E-state index is 0.242. The number of carbonyl (C=O) groups is 3. The summed E-state index contributed by atoms with van der Waals surface area (Å²) in [6.07, 6.45) is 0.685. The number of fused-ring (bicyclic) bond motifs is 3. The van der Waals surface area contributed by atoms with E-state index in [1.807, 2.05) is 24.3 Å². The first kappa shape index (κ1) is 16.4. The molecule has 1 aromatic carbocycles. The second-order valence-electron chi connectivity index (χ2n) is 6.34. The van der Waals surface area contributed by atoms with Crippen LogP contribution in [0.3, 0.4) is 0 Å². The summed E-state index contributed by atoms with van der Waals surface area (Å²) in [5, 5.41) is 0. The number of hydrogen-bond acceptors (Lipinski definition) is 7. The van der Waals surface area contributed by atoms with E-state index >= 15 is 0 Å². The van der Waals surface area contributed by atoms with Crippen molar-refractivity contribution in [3.63, 3.8) is 0 Å². The maximum atomic E-state index is 12.3. The average Bonchev–Trinajstić information content (AvgIpc) is 3.19. The van der Waals surface area contributed by atoms with Gasteiger partial charge < -0.3 is 18.9 Å². The molecule has 0 saturated carbocycles. The van der Waals surface area contributed by atoms with E-state index in [0.717, 1.165) is 11.1 Å². The van der Waals surface area contributed by atoms with E-state index in [9.17, 15) is 14.4 Å². The average molecular weight is 356 g/mol. The molecule has 0 radical (unpaired) electrons. The molecule has 4 atom stereocenters. The van der Waals surface area contributed by atoms with Crippen molar-refractivity contribution < 1.29 is 33.3 Å². The van der Waals surface area contributed by atoms with Crippen LogP contribution in [0.2, 0.25) is 0 Å². The van der Waals surface area contributed by atoms with Crippen molar-refractivity contribution >= 4 is 17.9 Å². The Labute approximate surface area is 149 Å². The molecule has 0 N–H and O–H groups in total. The Bertz CT molecular complexity index is 866. The lowest BCUT2D eigenvalue weighted by Gasteiger charge is -2.18. The number of cyclic esters (lactones) is 1. The van der Waals surface area contributed by atoms with Crippen LogP contribution in [0.1, 0.15) is 37.2 Å². The van der Waals surface area contributed by atoms with Crippen LogP contribution in [-0.2, 0) is 33.3 Å². The van der Waals surface area contributed by atoms with Gasteiger partial charge in [0.05, 0.1) is 17.8 Å². The molecule has 0 aromatic heterocycles. The van der Waals surface area contributed by atoms with E-state index < -0.39 is 42.3 Å². The Morgan fingerprint density at radius 2 is 1.85 bits per heavy atom. The lowest BCUT2D eigenvalue weighted by atomic mass is 9.95. The molecule has 26 heavy (non-hydrogen) atoms. The molecule has 4 rings (SSSR count). The Kier molecular flexibility index (Phi) is 3.79. The molecule has 2 aliphatic heterocycles. The second-order valence-corrected chi connectivity index (χ2v) is 6.34. The Morgan fingerprint density at radius 3 is 2.50 bits per heavy atom. The second kappa shape index (κ2) is 6.01. The molecule has 2 heterocycles. The smallest absolute Gasteiger partial charge is 0.338 e. The molecule has 3 aliphatic rings. The van der Waals surface area contributed by atoms with Gasteiger partial charge in [-0.2, -0.15) is 0 Å². The van der Waals surface area contributed by atoms with Crippen LogP contribution in [0.5, 0.6) is 0 Å². The van der Waals surface area contributed by atoms with E-state index in [1.54, 1.807) is 6.92 Å². The van der Waals surface area contributed by atoms with Crippen molar-refractivity contribution in [2.45, 2.75) is 32.3 Å². The highest BCUT2D eigenvalue weighted by Gasteiger charge is 2.53. The van der Waals surface area contributed by atoms with Crippen molar-refractivity contribution in [2.75, 3.05) is 0 Å². The zero-order chi connectivity index (χ0) is 18.4. The molecule has 0 spiro atoms. The molecule has 1 fully saturated rings. The first-order valence-corrected chi connectivity index (χ1v) is 8.17.